The zero-order valence-electron chi connectivity index (χ0n) is 10.00. The SMILES string of the molecule is COc1ccc(Sc2ccc(Br)cc2[N+](=O)[O-])cc1. The highest BCUT2D eigenvalue weighted by Gasteiger charge is 2.15. The number of nitrogens with zero attached hydrogens (tertiary/aromatic N) is 1. The van der Waals surface area contributed by atoms with Crippen molar-refractivity contribution in [1.29, 1.82) is 0 Å². The highest BCUT2D eigenvalue weighted by molar-refractivity contribution is 9.10. The van der Waals surface area contributed by atoms with Gasteiger partial charge in [0.25, 0.3) is 5.69 Å². The van der Waals surface area contributed by atoms with Gasteiger partial charge in [0.1, 0.15) is 5.75 Å². The summed E-state index contributed by atoms with van der Waals surface area (Å²) in [5, 5.41) is 11.0. The van der Waals surface area contributed by atoms with Crippen LogP contribution in [0.2, 0.25) is 0 Å². The lowest BCUT2D eigenvalue weighted by Gasteiger charge is -2.04. The van der Waals surface area contributed by atoms with Crippen LogP contribution in [-0.4, -0.2) is 12.0 Å². The molecule has 0 heterocycles. The highest BCUT2D eigenvalue weighted by atomic mass is 79.9. The third-order valence-electron chi connectivity index (χ3n) is 2.40. The van der Waals surface area contributed by atoms with Gasteiger partial charge in [0, 0.05) is 15.4 Å². The number of ether oxygens (including phenoxy) is 1. The summed E-state index contributed by atoms with van der Waals surface area (Å²) in [4.78, 5) is 12.2. The summed E-state index contributed by atoms with van der Waals surface area (Å²) < 4.78 is 5.77. The van der Waals surface area contributed by atoms with E-state index in [2.05, 4.69) is 15.9 Å². The average Bonchev–Trinajstić information content (AvgIpc) is 2.41. The first-order valence-electron chi connectivity index (χ1n) is 5.36. The second-order valence-corrected chi connectivity index (χ2v) is 5.68. The molecule has 0 amide bonds. The van der Waals surface area contributed by atoms with Gasteiger partial charge in [-0.25, -0.2) is 0 Å². The fraction of sp³-hybridized carbons (Fsp3) is 0.0769. The summed E-state index contributed by atoms with van der Waals surface area (Å²) >= 11 is 4.59. The number of rotatable bonds is 4. The Morgan fingerprint density at radius 1 is 1.21 bits per heavy atom. The smallest absolute Gasteiger partial charge is 0.284 e. The van der Waals surface area contributed by atoms with Gasteiger partial charge in [0.05, 0.1) is 16.9 Å². The molecular formula is C13H10BrNO3S. The van der Waals surface area contributed by atoms with E-state index in [0.29, 0.717) is 9.37 Å². The van der Waals surface area contributed by atoms with Crippen LogP contribution < -0.4 is 4.74 Å². The van der Waals surface area contributed by atoms with Crippen LogP contribution >= 0.6 is 27.7 Å². The predicted molar refractivity (Wildman–Crippen MR) is 77.9 cm³/mol. The lowest BCUT2D eigenvalue weighted by atomic mass is 10.3. The molecule has 2 rings (SSSR count). The maximum atomic E-state index is 11.0. The van der Waals surface area contributed by atoms with Crippen LogP contribution in [-0.2, 0) is 0 Å². The maximum absolute atomic E-state index is 11.0. The molecule has 0 aromatic heterocycles. The van der Waals surface area contributed by atoms with E-state index < -0.39 is 0 Å². The molecule has 0 bridgehead atoms. The van der Waals surface area contributed by atoms with E-state index >= 15 is 0 Å². The van der Waals surface area contributed by atoms with Crippen molar-refractivity contribution in [3.8, 4) is 5.75 Å². The minimum atomic E-state index is -0.378. The second kappa shape index (κ2) is 6.08. The molecule has 0 atom stereocenters. The van der Waals surface area contributed by atoms with E-state index in [1.165, 1.54) is 17.8 Å². The summed E-state index contributed by atoms with van der Waals surface area (Å²) in [7, 11) is 1.60. The van der Waals surface area contributed by atoms with Crippen LogP contribution in [0.5, 0.6) is 5.75 Å². The minimum Gasteiger partial charge on any atom is -0.497 e. The number of benzene rings is 2. The molecule has 2 aromatic rings. The van der Waals surface area contributed by atoms with Gasteiger partial charge >= 0.3 is 0 Å². The Bertz CT molecular complexity index is 601. The topological polar surface area (TPSA) is 52.4 Å². The van der Waals surface area contributed by atoms with Crippen molar-refractivity contribution in [3.05, 3.63) is 57.1 Å². The van der Waals surface area contributed by atoms with Gasteiger partial charge in [-0.15, -0.1) is 0 Å². The Hall–Kier alpha value is -1.53. The largest absolute Gasteiger partial charge is 0.497 e. The number of hydrogen-bond acceptors (Lipinski definition) is 4. The monoisotopic (exact) mass is 339 g/mol. The predicted octanol–water partition coefficient (Wildman–Crippen LogP) is 4.52. The number of halogens is 1. The molecule has 6 heteroatoms. The summed E-state index contributed by atoms with van der Waals surface area (Å²) in [6, 6.07) is 12.4. The van der Waals surface area contributed by atoms with Crippen molar-refractivity contribution in [2.24, 2.45) is 0 Å². The van der Waals surface area contributed by atoms with E-state index in [0.717, 1.165) is 10.6 Å². The third kappa shape index (κ3) is 3.48. The first kappa shape index (κ1) is 13.9. The molecule has 2 aromatic carbocycles. The number of nitro benzene ring substituents is 1. The first-order chi connectivity index (χ1) is 9.10. The van der Waals surface area contributed by atoms with Gasteiger partial charge in [-0.3, -0.25) is 10.1 Å². The zero-order chi connectivity index (χ0) is 13.8. The van der Waals surface area contributed by atoms with E-state index in [-0.39, 0.29) is 10.6 Å². The lowest BCUT2D eigenvalue weighted by Crippen LogP contribution is -1.90. The van der Waals surface area contributed by atoms with Gasteiger partial charge in [0.2, 0.25) is 0 Å². The molecule has 0 radical (unpaired) electrons. The molecule has 0 unspecified atom stereocenters. The van der Waals surface area contributed by atoms with E-state index in [1.807, 2.05) is 24.3 Å². The van der Waals surface area contributed by atoms with Gasteiger partial charge < -0.3 is 4.74 Å². The fourth-order valence-electron chi connectivity index (χ4n) is 1.49. The van der Waals surface area contributed by atoms with Crippen molar-refractivity contribution >= 4 is 33.4 Å². The van der Waals surface area contributed by atoms with Crippen molar-refractivity contribution in [1.82, 2.24) is 0 Å². The Morgan fingerprint density at radius 2 is 1.89 bits per heavy atom. The number of hydrogen-bond donors (Lipinski definition) is 0. The van der Waals surface area contributed by atoms with Crippen molar-refractivity contribution in [2.45, 2.75) is 9.79 Å². The number of methoxy groups -OCH3 is 1. The molecule has 0 aliphatic carbocycles. The fourth-order valence-corrected chi connectivity index (χ4v) is 2.74. The Morgan fingerprint density at radius 3 is 2.47 bits per heavy atom. The number of nitro groups is 1. The normalized spacial score (nSPS) is 10.2. The van der Waals surface area contributed by atoms with Crippen LogP contribution in [0.25, 0.3) is 0 Å². The van der Waals surface area contributed by atoms with Crippen molar-refractivity contribution in [3.63, 3.8) is 0 Å². The first-order valence-corrected chi connectivity index (χ1v) is 6.97. The van der Waals surface area contributed by atoms with Crippen LogP contribution in [0.3, 0.4) is 0 Å². The second-order valence-electron chi connectivity index (χ2n) is 3.65. The summed E-state index contributed by atoms with van der Waals surface area (Å²) in [6.07, 6.45) is 0. The molecule has 0 aliphatic rings. The van der Waals surface area contributed by atoms with Crippen LogP contribution in [0, 0.1) is 10.1 Å². The Balaban J connectivity index is 2.29. The van der Waals surface area contributed by atoms with E-state index in [4.69, 9.17) is 4.74 Å². The molecule has 0 fully saturated rings. The van der Waals surface area contributed by atoms with Crippen molar-refractivity contribution in [2.75, 3.05) is 7.11 Å². The summed E-state index contributed by atoms with van der Waals surface area (Å²) in [5.41, 5.74) is 0.0928. The molecule has 0 spiro atoms. The minimum absolute atomic E-state index is 0.0928. The molecule has 19 heavy (non-hydrogen) atoms. The molecule has 98 valence electrons. The highest BCUT2D eigenvalue weighted by Crippen LogP contribution is 2.36. The molecule has 0 saturated carbocycles. The summed E-state index contributed by atoms with van der Waals surface area (Å²) in [6.45, 7) is 0. The summed E-state index contributed by atoms with van der Waals surface area (Å²) in [5.74, 6) is 0.759. The average molecular weight is 340 g/mol. The Kier molecular flexibility index (Phi) is 4.44. The molecule has 4 nitrogen and oxygen atoms in total. The van der Waals surface area contributed by atoms with E-state index in [1.54, 1.807) is 19.2 Å². The Labute approximate surface area is 123 Å². The molecular weight excluding hydrogens is 330 g/mol. The lowest BCUT2D eigenvalue weighted by molar-refractivity contribution is -0.387. The van der Waals surface area contributed by atoms with Gasteiger partial charge in [0.15, 0.2) is 0 Å². The zero-order valence-corrected chi connectivity index (χ0v) is 12.4. The van der Waals surface area contributed by atoms with Gasteiger partial charge in [-0.1, -0.05) is 27.7 Å². The van der Waals surface area contributed by atoms with Crippen molar-refractivity contribution < 1.29 is 9.66 Å². The van der Waals surface area contributed by atoms with Crippen LogP contribution in [0.15, 0.2) is 56.7 Å². The standard InChI is InChI=1S/C13H10BrNO3S/c1-18-10-3-5-11(6-4-10)19-13-7-2-9(14)8-12(13)15(16)17/h2-8H,1H3. The third-order valence-corrected chi connectivity index (χ3v) is 3.97. The molecule has 0 aliphatic heterocycles. The van der Waals surface area contributed by atoms with E-state index in [9.17, 15) is 10.1 Å². The van der Waals surface area contributed by atoms with Gasteiger partial charge in [-0.2, -0.15) is 0 Å². The van der Waals surface area contributed by atoms with Gasteiger partial charge in [-0.05, 0) is 36.4 Å². The maximum Gasteiger partial charge on any atom is 0.284 e. The van der Waals surface area contributed by atoms with Crippen LogP contribution in [0.4, 0.5) is 5.69 Å². The molecule has 0 N–H and O–H groups in total. The van der Waals surface area contributed by atoms with Crippen LogP contribution in [0.1, 0.15) is 0 Å². The molecule has 0 saturated heterocycles. The quantitative estimate of drug-likeness (QED) is 0.607.